The highest BCUT2D eigenvalue weighted by atomic mass is 32.2. The van der Waals surface area contributed by atoms with Crippen LogP contribution in [0.2, 0.25) is 0 Å². The number of pyridine rings is 1. The zero-order valence-corrected chi connectivity index (χ0v) is 13.2. The van der Waals surface area contributed by atoms with Crippen LogP contribution in [-0.2, 0) is 0 Å². The molecular weight excluding hydrogens is 270 g/mol. The molecule has 1 aliphatic rings. The lowest BCUT2D eigenvalue weighted by Crippen LogP contribution is -2.44. The van der Waals surface area contributed by atoms with Gasteiger partial charge in [0.05, 0.1) is 17.4 Å². The molecular formula is C15H23N3OS. The summed E-state index contributed by atoms with van der Waals surface area (Å²) in [4.78, 5) is 18.8. The highest BCUT2D eigenvalue weighted by molar-refractivity contribution is 8.00. The second-order valence-corrected chi connectivity index (χ2v) is 7.20. The Morgan fingerprint density at radius 2 is 2.15 bits per heavy atom. The Bertz CT molecular complexity index is 456. The van der Waals surface area contributed by atoms with E-state index in [1.165, 1.54) is 0 Å². The average molecular weight is 293 g/mol. The second kappa shape index (κ2) is 6.97. The number of carbonyl (C=O) groups excluding carboxylic acids is 1. The van der Waals surface area contributed by atoms with Crippen molar-refractivity contribution in [3.8, 4) is 0 Å². The third-order valence-corrected chi connectivity index (χ3v) is 4.55. The maximum Gasteiger partial charge on any atom is 0.256 e. The van der Waals surface area contributed by atoms with Gasteiger partial charge < -0.3 is 10.2 Å². The van der Waals surface area contributed by atoms with Crippen LogP contribution in [0.15, 0.2) is 18.5 Å². The van der Waals surface area contributed by atoms with Gasteiger partial charge in [0.1, 0.15) is 0 Å². The van der Waals surface area contributed by atoms with Crippen LogP contribution in [-0.4, -0.2) is 45.9 Å². The van der Waals surface area contributed by atoms with Crippen molar-refractivity contribution in [3.05, 3.63) is 24.0 Å². The lowest BCUT2D eigenvalue weighted by Gasteiger charge is -2.35. The molecule has 2 atom stereocenters. The minimum Gasteiger partial charge on any atom is -0.383 e. The van der Waals surface area contributed by atoms with Crippen LogP contribution in [0, 0.1) is 0 Å². The summed E-state index contributed by atoms with van der Waals surface area (Å²) in [5.74, 6) is 0.116. The molecule has 0 saturated carbocycles. The van der Waals surface area contributed by atoms with E-state index in [0.717, 1.165) is 37.3 Å². The Morgan fingerprint density at radius 1 is 1.45 bits per heavy atom. The molecule has 0 bridgehead atoms. The van der Waals surface area contributed by atoms with E-state index in [1.54, 1.807) is 12.4 Å². The summed E-state index contributed by atoms with van der Waals surface area (Å²) in [5, 5.41) is 4.28. The first-order valence-electron chi connectivity index (χ1n) is 7.24. The van der Waals surface area contributed by atoms with E-state index < -0.39 is 0 Å². The predicted molar refractivity (Wildman–Crippen MR) is 85.4 cm³/mol. The predicted octanol–water partition coefficient (Wildman–Crippen LogP) is 2.87. The quantitative estimate of drug-likeness (QED) is 0.927. The summed E-state index contributed by atoms with van der Waals surface area (Å²) in [6, 6.07) is 1.82. The van der Waals surface area contributed by atoms with Gasteiger partial charge in [-0.15, -0.1) is 0 Å². The first-order chi connectivity index (χ1) is 9.61. The number of rotatable bonds is 4. The molecule has 2 unspecified atom stereocenters. The Hall–Kier alpha value is -1.23. The topological polar surface area (TPSA) is 45.2 Å². The number of thioether (sulfide) groups is 1. The number of nitrogens with one attached hydrogen (secondary N) is 1. The Kier molecular flexibility index (Phi) is 5.29. The lowest BCUT2D eigenvalue weighted by molar-refractivity contribution is 0.0754. The fourth-order valence-corrected chi connectivity index (χ4v) is 3.82. The van der Waals surface area contributed by atoms with Crippen LogP contribution in [0.3, 0.4) is 0 Å². The van der Waals surface area contributed by atoms with Crippen molar-refractivity contribution < 1.29 is 4.79 Å². The highest BCUT2D eigenvalue weighted by Gasteiger charge is 2.27. The molecule has 1 aromatic rings. The van der Waals surface area contributed by atoms with Crippen molar-refractivity contribution in [1.29, 1.82) is 0 Å². The van der Waals surface area contributed by atoms with Crippen molar-refractivity contribution in [2.45, 2.75) is 37.7 Å². The number of carbonyl (C=O) groups is 1. The molecule has 0 spiro atoms. The summed E-state index contributed by atoms with van der Waals surface area (Å²) in [7, 11) is 0. The van der Waals surface area contributed by atoms with Gasteiger partial charge in [-0.1, -0.05) is 20.8 Å². The van der Waals surface area contributed by atoms with E-state index in [-0.39, 0.29) is 5.91 Å². The van der Waals surface area contributed by atoms with Gasteiger partial charge in [-0.3, -0.25) is 9.78 Å². The largest absolute Gasteiger partial charge is 0.383 e. The number of nitrogens with zero attached hydrogens (tertiary/aromatic N) is 2. The molecule has 2 rings (SSSR count). The van der Waals surface area contributed by atoms with Gasteiger partial charge >= 0.3 is 0 Å². The Morgan fingerprint density at radius 3 is 2.80 bits per heavy atom. The van der Waals surface area contributed by atoms with Gasteiger partial charge in [0.2, 0.25) is 0 Å². The van der Waals surface area contributed by atoms with Crippen LogP contribution in [0.1, 0.15) is 37.6 Å². The molecule has 1 fully saturated rings. The second-order valence-electron chi connectivity index (χ2n) is 5.32. The highest BCUT2D eigenvalue weighted by Crippen LogP contribution is 2.26. The minimum atomic E-state index is 0.116. The smallest absolute Gasteiger partial charge is 0.256 e. The maximum absolute atomic E-state index is 12.7. The van der Waals surface area contributed by atoms with Crippen molar-refractivity contribution in [2.75, 3.05) is 25.0 Å². The van der Waals surface area contributed by atoms with Gasteiger partial charge in [0.15, 0.2) is 0 Å². The third-order valence-electron chi connectivity index (χ3n) is 3.32. The number of aromatic nitrogens is 1. The van der Waals surface area contributed by atoms with Gasteiger partial charge in [0, 0.05) is 36.3 Å². The van der Waals surface area contributed by atoms with E-state index in [0.29, 0.717) is 10.5 Å². The molecule has 0 aromatic carbocycles. The van der Waals surface area contributed by atoms with E-state index in [4.69, 9.17) is 0 Å². The molecule has 1 N–H and O–H groups in total. The van der Waals surface area contributed by atoms with Gasteiger partial charge in [-0.2, -0.15) is 11.8 Å². The summed E-state index contributed by atoms with van der Waals surface area (Å²) in [6.45, 7) is 8.98. The van der Waals surface area contributed by atoms with E-state index in [2.05, 4.69) is 31.1 Å². The van der Waals surface area contributed by atoms with Crippen LogP contribution in [0.25, 0.3) is 0 Å². The van der Waals surface area contributed by atoms with E-state index >= 15 is 0 Å². The molecule has 1 saturated heterocycles. The van der Waals surface area contributed by atoms with Crippen molar-refractivity contribution in [1.82, 2.24) is 9.88 Å². The first kappa shape index (κ1) is 15.2. The van der Waals surface area contributed by atoms with Crippen LogP contribution >= 0.6 is 11.8 Å². The molecule has 4 nitrogen and oxygen atoms in total. The monoisotopic (exact) mass is 293 g/mol. The number of hydrogen-bond acceptors (Lipinski definition) is 4. The van der Waals surface area contributed by atoms with Gasteiger partial charge in [-0.25, -0.2) is 0 Å². The summed E-state index contributed by atoms with van der Waals surface area (Å²) in [5.41, 5.74) is 1.58. The standard InChI is InChI=1S/C15H23N3OS/c1-4-6-17-14-8-16-7-5-13(14)15(19)18-9-11(2)20-12(3)10-18/h5,7-8,11-12,17H,4,6,9-10H2,1-3H3. The molecule has 110 valence electrons. The first-order valence-corrected chi connectivity index (χ1v) is 8.18. The molecule has 0 aliphatic carbocycles. The van der Waals surface area contributed by atoms with Crippen molar-refractivity contribution in [2.24, 2.45) is 0 Å². The molecule has 5 heteroatoms. The fourth-order valence-electron chi connectivity index (χ4n) is 2.50. The Balaban J connectivity index is 2.15. The van der Waals surface area contributed by atoms with Gasteiger partial charge in [0.25, 0.3) is 5.91 Å². The molecule has 0 radical (unpaired) electrons. The summed E-state index contributed by atoms with van der Waals surface area (Å²) >= 11 is 1.95. The zero-order chi connectivity index (χ0) is 14.5. The maximum atomic E-state index is 12.7. The summed E-state index contributed by atoms with van der Waals surface area (Å²) in [6.07, 6.45) is 4.46. The van der Waals surface area contributed by atoms with Crippen LogP contribution < -0.4 is 5.32 Å². The van der Waals surface area contributed by atoms with E-state index in [9.17, 15) is 4.79 Å². The van der Waals surface area contributed by atoms with E-state index in [1.807, 2.05) is 22.7 Å². The van der Waals surface area contributed by atoms with Gasteiger partial charge in [-0.05, 0) is 12.5 Å². The van der Waals surface area contributed by atoms with Crippen molar-refractivity contribution >= 4 is 23.4 Å². The normalized spacial score (nSPS) is 22.6. The molecule has 2 heterocycles. The molecule has 1 aromatic heterocycles. The molecule has 1 amide bonds. The molecule has 20 heavy (non-hydrogen) atoms. The number of amides is 1. The minimum absolute atomic E-state index is 0.116. The lowest BCUT2D eigenvalue weighted by atomic mass is 10.1. The van der Waals surface area contributed by atoms with Crippen LogP contribution in [0.4, 0.5) is 5.69 Å². The summed E-state index contributed by atoms with van der Waals surface area (Å²) < 4.78 is 0. The number of hydrogen-bond donors (Lipinski definition) is 1. The molecule has 1 aliphatic heterocycles. The number of anilines is 1. The average Bonchev–Trinajstić information content (AvgIpc) is 2.43. The SMILES string of the molecule is CCCNc1cnccc1C(=O)N1CC(C)SC(C)C1. The zero-order valence-electron chi connectivity index (χ0n) is 12.4. The Labute approximate surface area is 125 Å². The van der Waals surface area contributed by atoms with Crippen molar-refractivity contribution in [3.63, 3.8) is 0 Å². The van der Waals surface area contributed by atoms with Crippen LogP contribution in [0.5, 0.6) is 0 Å². The fraction of sp³-hybridized carbons (Fsp3) is 0.600. The third kappa shape index (κ3) is 3.66.